The zero-order chi connectivity index (χ0) is 18.8. The maximum absolute atomic E-state index is 12.7. The fraction of sp³-hybridized carbons (Fsp3) is 0.579. The number of rotatable bonds is 4. The molecule has 4 heterocycles. The van der Waals surface area contributed by atoms with Gasteiger partial charge in [0.25, 0.3) is 5.91 Å². The molecule has 8 nitrogen and oxygen atoms in total. The van der Waals surface area contributed by atoms with Crippen molar-refractivity contribution in [2.24, 2.45) is 0 Å². The number of fused-ring (bicyclic) bond motifs is 1. The van der Waals surface area contributed by atoms with E-state index >= 15 is 0 Å². The SMILES string of the molecule is Cc1cc(C)c2c(N3CCOCC3)nc(C(=O)NCC3CCCO3)nc2n1. The molecule has 144 valence electrons. The van der Waals surface area contributed by atoms with Crippen LogP contribution in [0.25, 0.3) is 11.0 Å². The first kappa shape index (κ1) is 18.1. The smallest absolute Gasteiger partial charge is 0.289 e. The number of carbonyl (C=O) groups excluding carboxylic acids is 1. The Kier molecular flexibility index (Phi) is 5.18. The number of morpholine rings is 1. The standard InChI is InChI=1S/C19H25N5O3/c1-12-10-13(2)21-16-15(12)18(24-5-8-26-9-6-24)23-17(22-16)19(25)20-11-14-4-3-7-27-14/h10,14H,3-9,11H2,1-2H3,(H,20,25). The predicted octanol–water partition coefficient (Wildman–Crippen LogP) is 1.39. The molecule has 1 amide bonds. The Hall–Kier alpha value is -2.32. The van der Waals surface area contributed by atoms with Gasteiger partial charge < -0.3 is 19.7 Å². The van der Waals surface area contributed by atoms with E-state index in [0.29, 0.717) is 25.4 Å². The van der Waals surface area contributed by atoms with Crippen molar-refractivity contribution in [2.45, 2.75) is 32.8 Å². The molecule has 8 heteroatoms. The Balaban J connectivity index is 1.68. The van der Waals surface area contributed by atoms with Crippen LogP contribution in [0.15, 0.2) is 6.07 Å². The van der Waals surface area contributed by atoms with E-state index in [1.165, 1.54) is 0 Å². The molecular formula is C19H25N5O3. The molecule has 2 aliphatic heterocycles. The summed E-state index contributed by atoms with van der Waals surface area (Å²) in [5.41, 5.74) is 2.49. The summed E-state index contributed by atoms with van der Waals surface area (Å²) in [4.78, 5) is 28.5. The molecule has 1 atom stereocenters. The Labute approximate surface area is 158 Å². The Bertz CT molecular complexity index is 845. The number of hydrogen-bond donors (Lipinski definition) is 1. The molecule has 0 saturated carbocycles. The van der Waals surface area contributed by atoms with E-state index in [0.717, 1.165) is 55.0 Å². The molecule has 1 unspecified atom stereocenters. The van der Waals surface area contributed by atoms with Crippen LogP contribution >= 0.6 is 0 Å². The predicted molar refractivity (Wildman–Crippen MR) is 101 cm³/mol. The lowest BCUT2D eigenvalue weighted by atomic mass is 10.1. The third-order valence-corrected chi connectivity index (χ3v) is 5.00. The average Bonchev–Trinajstić information content (AvgIpc) is 3.19. The minimum absolute atomic E-state index is 0.0794. The van der Waals surface area contributed by atoms with E-state index in [2.05, 4.69) is 25.2 Å². The zero-order valence-electron chi connectivity index (χ0n) is 15.8. The third-order valence-electron chi connectivity index (χ3n) is 5.00. The van der Waals surface area contributed by atoms with Gasteiger partial charge >= 0.3 is 0 Å². The van der Waals surface area contributed by atoms with Crippen molar-refractivity contribution in [3.05, 3.63) is 23.1 Å². The maximum atomic E-state index is 12.7. The fourth-order valence-corrected chi connectivity index (χ4v) is 3.65. The largest absolute Gasteiger partial charge is 0.378 e. The van der Waals surface area contributed by atoms with E-state index in [1.54, 1.807) is 0 Å². The lowest BCUT2D eigenvalue weighted by molar-refractivity contribution is 0.0849. The first-order chi connectivity index (χ1) is 13.1. The van der Waals surface area contributed by atoms with Gasteiger partial charge in [0.15, 0.2) is 5.65 Å². The van der Waals surface area contributed by atoms with Crippen LogP contribution in [0.4, 0.5) is 5.82 Å². The highest BCUT2D eigenvalue weighted by Crippen LogP contribution is 2.27. The van der Waals surface area contributed by atoms with Crippen LogP contribution in [0, 0.1) is 13.8 Å². The molecule has 2 aliphatic rings. The highest BCUT2D eigenvalue weighted by molar-refractivity contribution is 5.96. The van der Waals surface area contributed by atoms with Crippen LogP contribution in [0.5, 0.6) is 0 Å². The van der Waals surface area contributed by atoms with E-state index < -0.39 is 0 Å². The van der Waals surface area contributed by atoms with E-state index in [4.69, 9.17) is 9.47 Å². The molecule has 4 rings (SSSR count). The second kappa shape index (κ2) is 7.74. The van der Waals surface area contributed by atoms with Crippen molar-refractivity contribution >= 4 is 22.8 Å². The van der Waals surface area contributed by atoms with Crippen LogP contribution in [0.3, 0.4) is 0 Å². The number of nitrogens with zero attached hydrogens (tertiary/aromatic N) is 4. The van der Waals surface area contributed by atoms with Gasteiger partial charge in [-0.25, -0.2) is 15.0 Å². The molecule has 0 bridgehead atoms. The minimum atomic E-state index is -0.289. The van der Waals surface area contributed by atoms with Gasteiger partial charge in [-0.3, -0.25) is 4.79 Å². The number of nitrogens with one attached hydrogen (secondary N) is 1. The average molecular weight is 371 g/mol. The second-order valence-corrected chi connectivity index (χ2v) is 7.09. The van der Waals surface area contributed by atoms with Crippen LogP contribution < -0.4 is 10.2 Å². The topological polar surface area (TPSA) is 89.5 Å². The molecule has 2 aromatic rings. The summed E-state index contributed by atoms with van der Waals surface area (Å²) >= 11 is 0. The van der Waals surface area contributed by atoms with Crippen molar-refractivity contribution in [3.8, 4) is 0 Å². The molecule has 0 aliphatic carbocycles. The van der Waals surface area contributed by atoms with Gasteiger partial charge in [0.1, 0.15) is 5.82 Å². The number of carbonyl (C=O) groups is 1. The molecule has 0 aromatic carbocycles. The lowest BCUT2D eigenvalue weighted by Crippen LogP contribution is -2.38. The van der Waals surface area contributed by atoms with Crippen molar-refractivity contribution in [1.29, 1.82) is 0 Å². The number of anilines is 1. The van der Waals surface area contributed by atoms with E-state index in [-0.39, 0.29) is 17.8 Å². The number of pyridine rings is 1. The molecule has 1 N–H and O–H groups in total. The van der Waals surface area contributed by atoms with Gasteiger partial charge in [0, 0.05) is 31.9 Å². The number of amides is 1. The van der Waals surface area contributed by atoms with Gasteiger partial charge in [-0.15, -0.1) is 0 Å². The molecular weight excluding hydrogens is 346 g/mol. The van der Waals surface area contributed by atoms with E-state index in [1.807, 2.05) is 19.9 Å². The first-order valence-electron chi connectivity index (χ1n) is 9.50. The molecule has 2 fully saturated rings. The summed E-state index contributed by atoms with van der Waals surface area (Å²) in [6, 6.07) is 2.02. The summed E-state index contributed by atoms with van der Waals surface area (Å²) in [5, 5.41) is 3.81. The summed E-state index contributed by atoms with van der Waals surface area (Å²) in [6.45, 7) is 7.95. The van der Waals surface area contributed by atoms with Crippen molar-refractivity contribution < 1.29 is 14.3 Å². The van der Waals surface area contributed by atoms with Crippen molar-refractivity contribution in [1.82, 2.24) is 20.3 Å². The first-order valence-corrected chi connectivity index (χ1v) is 9.50. The van der Waals surface area contributed by atoms with Gasteiger partial charge in [-0.05, 0) is 38.3 Å². The second-order valence-electron chi connectivity index (χ2n) is 7.09. The zero-order valence-corrected chi connectivity index (χ0v) is 15.8. The van der Waals surface area contributed by atoms with E-state index in [9.17, 15) is 4.79 Å². The monoisotopic (exact) mass is 371 g/mol. The number of aromatic nitrogens is 3. The van der Waals surface area contributed by atoms with Crippen LogP contribution in [-0.4, -0.2) is 66.4 Å². The molecule has 2 aromatic heterocycles. The summed E-state index contributed by atoms with van der Waals surface area (Å²) in [5.74, 6) is 0.623. The van der Waals surface area contributed by atoms with Crippen LogP contribution in [-0.2, 0) is 9.47 Å². The Morgan fingerprint density at radius 1 is 1.22 bits per heavy atom. The normalized spacial score (nSPS) is 20.2. The minimum Gasteiger partial charge on any atom is -0.378 e. The number of aryl methyl sites for hydroxylation is 2. The third kappa shape index (κ3) is 3.86. The van der Waals surface area contributed by atoms with Gasteiger partial charge in [0.2, 0.25) is 5.82 Å². The number of ether oxygens (including phenoxy) is 2. The molecule has 0 spiro atoms. The fourth-order valence-electron chi connectivity index (χ4n) is 3.65. The molecule has 2 saturated heterocycles. The van der Waals surface area contributed by atoms with Crippen LogP contribution in [0.2, 0.25) is 0 Å². The van der Waals surface area contributed by atoms with Crippen molar-refractivity contribution in [3.63, 3.8) is 0 Å². The molecule has 0 radical (unpaired) electrons. The van der Waals surface area contributed by atoms with Crippen molar-refractivity contribution in [2.75, 3.05) is 44.4 Å². The molecule has 27 heavy (non-hydrogen) atoms. The summed E-state index contributed by atoms with van der Waals surface area (Å²) in [6.07, 6.45) is 2.09. The highest BCUT2D eigenvalue weighted by atomic mass is 16.5. The summed E-state index contributed by atoms with van der Waals surface area (Å²) in [7, 11) is 0. The van der Waals surface area contributed by atoms with Gasteiger partial charge in [-0.2, -0.15) is 0 Å². The van der Waals surface area contributed by atoms with Gasteiger partial charge in [0.05, 0.1) is 24.7 Å². The maximum Gasteiger partial charge on any atom is 0.289 e. The quantitative estimate of drug-likeness (QED) is 0.868. The number of hydrogen-bond acceptors (Lipinski definition) is 7. The summed E-state index contributed by atoms with van der Waals surface area (Å²) < 4.78 is 11.0. The Morgan fingerprint density at radius 3 is 2.78 bits per heavy atom. The Morgan fingerprint density at radius 2 is 2.04 bits per heavy atom. The highest BCUT2D eigenvalue weighted by Gasteiger charge is 2.23. The van der Waals surface area contributed by atoms with Crippen LogP contribution in [0.1, 0.15) is 34.7 Å². The lowest BCUT2D eigenvalue weighted by Gasteiger charge is -2.29. The van der Waals surface area contributed by atoms with Gasteiger partial charge in [-0.1, -0.05) is 0 Å².